The van der Waals surface area contributed by atoms with Gasteiger partial charge < -0.3 is 10.0 Å². The highest BCUT2D eigenvalue weighted by molar-refractivity contribution is 5.97. The molecule has 1 atom stereocenters. The van der Waals surface area contributed by atoms with Crippen molar-refractivity contribution in [1.29, 1.82) is 0 Å². The van der Waals surface area contributed by atoms with Crippen LogP contribution in [0.1, 0.15) is 36.2 Å². The molecule has 0 aliphatic carbocycles. The van der Waals surface area contributed by atoms with E-state index in [-0.39, 0.29) is 12.5 Å². The lowest BCUT2D eigenvalue weighted by Crippen LogP contribution is -2.46. The largest absolute Gasteiger partial charge is 0.481 e. The molecule has 0 aromatic heterocycles. The summed E-state index contributed by atoms with van der Waals surface area (Å²) in [6.45, 7) is 4.41. The predicted octanol–water partition coefficient (Wildman–Crippen LogP) is 2.19. The van der Waals surface area contributed by atoms with Crippen molar-refractivity contribution in [1.82, 2.24) is 4.90 Å². The number of fused-ring (bicyclic) bond motifs is 1. The second kappa shape index (κ2) is 5.03. The third-order valence-corrected chi connectivity index (χ3v) is 4.02. The Labute approximate surface area is 113 Å². The number of carboxylic acids is 1. The Kier molecular flexibility index (Phi) is 3.60. The predicted molar refractivity (Wildman–Crippen MR) is 72.1 cm³/mol. The van der Waals surface area contributed by atoms with E-state index < -0.39 is 11.4 Å². The molecule has 0 saturated carbocycles. The maximum Gasteiger partial charge on any atom is 0.311 e. The molecule has 0 fully saturated rings. The van der Waals surface area contributed by atoms with Crippen molar-refractivity contribution < 1.29 is 14.7 Å². The van der Waals surface area contributed by atoms with Gasteiger partial charge in [0, 0.05) is 18.7 Å². The Hall–Kier alpha value is -1.84. The van der Waals surface area contributed by atoms with Gasteiger partial charge in [0.15, 0.2) is 0 Å². The Bertz CT molecular complexity index is 512. The molecule has 1 amide bonds. The van der Waals surface area contributed by atoms with Crippen LogP contribution in [0.4, 0.5) is 0 Å². The van der Waals surface area contributed by atoms with Crippen LogP contribution >= 0.6 is 0 Å². The summed E-state index contributed by atoms with van der Waals surface area (Å²) in [7, 11) is 0. The van der Waals surface area contributed by atoms with Crippen molar-refractivity contribution in [3.05, 3.63) is 35.4 Å². The molecule has 102 valence electrons. The molecule has 19 heavy (non-hydrogen) atoms. The molecule has 1 aromatic rings. The maximum atomic E-state index is 12.4. The quantitative estimate of drug-likeness (QED) is 0.903. The molecule has 4 nitrogen and oxygen atoms in total. The third kappa shape index (κ3) is 2.48. The first kappa shape index (κ1) is 13.6. The molecule has 0 saturated heterocycles. The minimum atomic E-state index is -0.873. The number of carbonyl (C=O) groups is 2. The summed E-state index contributed by atoms with van der Waals surface area (Å²) in [6, 6.07) is 7.54. The topological polar surface area (TPSA) is 57.6 Å². The van der Waals surface area contributed by atoms with E-state index in [1.54, 1.807) is 11.8 Å². The van der Waals surface area contributed by atoms with E-state index in [1.807, 2.05) is 31.2 Å². The van der Waals surface area contributed by atoms with E-state index >= 15 is 0 Å². The monoisotopic (exact) mass is 261 g/mol. The first-order valence-corrected chi connectivity index (χ1v) is 6.58. The van der Waals surface area contributed by atoms with Crippen molar-refractivity contribution in [3.8, 4) is 0 Å². The zero-order valence-corrected chi connectivity index (χ0v) is 11.3. The zero-order chi connectivity index (χ0) is 14.0. The van der Waals surface area contributed by atoms with Crippen LogP contribution in [0.5, 0.6) is 0 Å². The van der Waals surface area contributed by atoms with Crippen molar-refractivity contribution in [2.45, 2.75) is 26.7 Å². The number of rotatable bonds is 4. The fourth-order valence-corrected chi connectivity index (χ4v) is 2.38. The van der Waals surface area contributed by atoms with Gasteiger partial charge in [-0.3, -0.25) is 9.59 Å². The number of nitrogens with zero attached hydrogens (tertiary/aromatic N) is 1. The van der Waals surface area contributed by atoms with E-state index in [2.05, 4.69) is 0 Å². The Morgan fingerprint density at radius 1 is 1.42 bits per heavy atom. The summed E-state index contributed by atoms with van der Waals surface area (Å²) < 4.78 is 0. The minimum Gasteiger partial charge on any atom is -0.481 e. The lowest BCUT2D eigenvalue weighted by molar-refractivity contribution is -0.148. The zero-order valence-electron chi connectivity index (χ0n) is 11.3. The average molecular weight is 261 g/mol. The van der Waals surface area contributed by atoms with E-state index in [0.29, 0.717) is 18.5 Å². The van der Waals surface area contributed by atoms with Crippen molar-refractivity contribution in [2.75, 3.05) is 13.1 Å². The van der Waals surface area contributed by atoms with Crippen molar-refractivity contribution in [2.24, 2.45) is 5.41 Å². The van der Waals surface area contributed by atoms with E-state index in [1.165, 1.54) is 0 Å². The number of aliphatic carboxylic acids is 1. The fraction of sp³-hybridized carbons (Fsp3) is 0.467. The Balaban J connectivity index is 2.21. The van der Waals surface area contributed by atoms with Crippen LogP contribution in [0, 0.1) is 5.41 Å². The van der Waals surface area contributed by atoms with Gasteiger partial charge in [-0.1, -0.05) is 25.1 Å². The lowest BCUT2D eigenvalue weighted by atomic mass is 9.86. The second-order valence-corrected chi connectivity index (χ2v) is 5.35. The van der Waals surface area contributed by atoms with Crippen LogP contribution in [-0.4, -0.2) is 35.0 Å². The van der Waals surface area contributed by atoms with Gasteiger partial charge in [-0.2, -0.15) is 0 Å². The number of benzene rings is 1. The molecular weight excluding hydrogens is 242 g/mol. The van der Waals surface area contributed by atoms with Gasteiger partial charge in [0.05, 0.1) is 5.41 Å². The van der Waals surface area contributed by atoms with Gasteiger partial charge in [0.2, 0.25) is 0 Å². The molecule has 1 heterocycles. The molecule has 2 rings (SSSR count). The number of carboxylic acid groups (broad SMARTS) is 1. The van der Waals surface area contributed by atoms with Crippen LogP contribution in [0.15, 0.2) is 24.3 Å². The van der Waals surface area contributed by atoms with Gasteiger partial charge >= 0.3 is 5.97 Å². The highest BCUT2D eigenvalue weighted by Gasteiger charge is 2.36. The molecular formula is C15H19NO3. The van der Waals surface area contributed by atoms with Gasteiger partial charge in [0.1, 0.15) is 0 Å². The summed E-state index contributed by atoms with van der Waals surface area (Å²) >= 11 is 0. The third-order valence-electron chi connectivity index (χ3n) is 4.02. The summed E-state index contributed by atoms with van der Waals surface area (Å²) in [5.41, 5.74) is 0.886. The fourth-order valence-electron chi connectivity index (χ4n) is 2.38. The lowest BCUT2D eigenvalue weighted by Gasteiger charge is -2.34. The van der Waals surface area contributed by atoms with Gasteiger partial charge in [-0.25, -0.2) is 0 Å². The molecule has 1 aliphatic rings. The average Bonchev–Trinajstić information content (AvgIpc) is 2.42. The highest BCUT2D eigenvalue weighted by atomic mass is 16.4. The summed E-state index contributed by atoms with van der Waals surface area (Å²) in [5, 5.41) is 9.31. The molecule has 4 heteroatoms. The van der Waals surface area contributed by atoms with Crippen LogP contribution < -0.4 is 0 Å². The maximum absolute atomic E-state index is 12.4. The van der Waals surface area contributed by atoms with Crippen LogP contribution in [0.3, 0.4) is 0 Å². The van der Waals surface area contributed by atoms with Crippen molar-refractivity contribution in [3.63, 3.8) is 0 Å². The minimum absolute atomic E-state index is 0.0530. The van der Waals surface area contributed by atoms with Crippen molar-refractivity contribution >= 4 is 11.9 Å². The summed E-state index contributed by atoms with van der Waals surface area (Å²) in [6.07, 6.45) is 1.30. The Morgan fingerprint density at radius 3 is 2.74 bits per heavy atom. The first-order valence-electron chi connectivity index (χ1n) is 6.58. The molecule has 0 spiro atoms. The molecule has 1 N–H and O–H groups in total. The smallest absolute Gasteiger partial charge is 0.311 e. The first-order chi connectivity index (χ1) is 8.98. The number of hydrogen-bond acceptors (Lipinski definition) is 2. The summed E-state index contributed by atoms with van der Waals surface area (Å²) in [4.78, 5) is 25.4. The van der Waals surface area contributed by atoms with Crippen LogP contribution in [0.25, 0.3) is 0 Å². The van der Waals surface area contributed by atoms with Gasteiger partial charge in [-0.05, 0) is 31.4 Å². The van der Waals surface area contributed by atoms with E-state index in [0.717, 1.165) is 12.0 Å². The highest BCUT2D eigenvalue weighted by Crippen LogP contribution is 2.26. The van der Waals surface area contributed by atoms with E-state index in [9.17, 15) is 14.7 Å². The van der Waals surface area contributed by atoms with Crippen LogP contribution in [0.2, 0.25) is 0 Å². The standard InChI is InChI=1S/C15H19NO3/c1-3-15(2,14(18)19)10-16-9-8-11-6-4-5-7-12(11)13(16)17/h4-7H,3,8-10H2,1-2H3,(H,18,19). The normalized spacial score (nSPS) is 17.8. The van der Waals surface area contributed by atoms with Crippen LogP contribution in [-0.2, 0) is 11.2 Å². The SMILES string of the molecule is CCC(C)(CN1CCc2ccccc2C1=O)C(=O)O. The molecule has 1 aromatic carbocycles. The second-order valence-electron chi connectivity index (χ2n) is 5.35. The van der Waals surface area contributed by atoms with E-state index in [4.69, 9.17) is 0 Å². The molecule has 0 bridgehead atoms. The molecule has 1 aliphatic heterocycles. The number of hydrogen-bond donors (Lipinski definition) is 1. The Morgan fingerprint density at radius 2 is 2.11 bits per heavy atom. The van der Waals surface area contributed by atoms with Gasteiger partial charge in [0.25, 0.3) is 5.91 Å². The molecule has 0 radical (unpaired) electrons. The molecule has 1 unspecified atom stereocenters. The summed E-state index contributed by atoms with van der Waals surface area (Å²) in [5.74, 6) is -0.899. The number of amides is 1. The van der Waals surface area contributed by atoms with Gasteiger partial charge in [-0.15, -0.1) is 0 Å². The number of carbonyl (C=O) groups excluding carboxylic acids is 1.